The molecule has 1 aromatic heterocycles. The van der Waals surface area contributed by atoms with Gasteiger partial charge in [0.05, 0.1) is 12.8 Å². The predicted molar refractivity (Wildman–Crippen MR) is 168 cm³/mol. The molecule has 4 aromatic rings. The fourth-order valence-corrected chi connectivity index (χ4v) is 5.53. The second-order valence-electron chi connectivity index (χ2n) is 11.0. The third-order valence-electron chi connectivity index (χ3n) is 8.07. The molecule has 3 aromatic carbocycles. The van der Waals surface area contributed by atoms with Crippen LogP contribution in [0.15, 0.2) is 72.9 Å². The van der Waals surface area contributed by atoms with Crippen LogP contribution in [0.1, 0.15) is 27.2 Å². The van der Waals surface area contributed by atoms with Crippen molar-refractivity contribution >= 4 is 34.6 Å². The Bertz CT molecular complexity index is 1570. The Morgan fingerprint density at radius 3 is 2.48 bits per heavy atom. The number of nitrogens with one attached hydrogen (secondary N) is 2. The summed E-state index contributed by atoms with van der Waals surface area (Å²) in [6.45, 7) is 7.92. The van der Waals surface area contributed by atoms with Gasteiger partial charge in [0.25, 0.3) is 5.91 Å². The zero-order chi connectivity index (χ0) is 29.1. The van der Waals surface area contributed by atoms with Crippen LogP contribution in [0.4, 0.5) is 28.7 Å². The Kier molecular flexibility index (Phi) is 7.92. The number of ether oxygens (including phenoxy) is 1. The van der Waals surface area contributed by atoms with Gasteiger partial charge in [-0.15, -0.1) is 0 Å². The number of amides is 1. The van der Waals surface area contributed by atoms with E-state index in [4.69, 9.17) is 9.72 Å². The van der Waals surface area contributed by atoms with Crippen LogP contribution >= 0.6 is 0 Å². The predicted octanol–water partition coefficient (Wildman–Crippen LogP) is 5.10. The summed E-state index contributed by atoms with van der Waals surface area (Å²) in [5, 5.41) is 6.41. The molecule has 2 aliphatic heterocycles. The number of nitrogens with zero attached hydrogens (tertiary/aromatic N) is 5. The Balaban J connectivity index is 1.10. The molecular weight excluding hydrogens is 526 g/mol. The van der Waals surface area contributed by atoms with Crippen molar-refractivity contribution in [2.24, 2.45) is 0 Å². The van der Waals surface area contributed by atoms with Crippen molar-refractivity contribution in [3.63, 3.8) is 0 Å². The van der Waals surface area contributed by atoms with E-state index in [-0.39, 0.29) is 5.91 Å². The zero-order valence-electron chi connectivity index (χ0n) is 24.4. The number of rotatable bonds is 7. The summed E-state index contributed by atoms with van der Waals surface area (Å²) in [5.74, 6) is 1.10. The fraction of sp³-hybridized carbons (Fsp3) is 0.303. The Hall–Kier alpha value is -4.63. The average molecular weight is 564 g/mol. The van der Waals surface area contributed by atoms with Crippen molar-refractivity contribution in [3.05, 3.63) is 95.3 Å². The SMILES string of the molecule is COc1cccc(C(=O)Nc2ccc(C)c(N3CCc4nc(Nc5ccc(N6CCN(C)CC6)cc5)ncc4C3)c2)c1. The van der Waals surface area contributed by atoms with E-state index in [2.05, 4.69) is 68.6 Å². The Labute approximate surface area is 247 Å². The maximum Gasteiger partial charge on any atom is 0.255 e. The number of likely N-dealkylation sites (N-methyl/N-ethyl adjacent to an activating group) is 1. The molecule has 1 saturated heterocycles. The largest absolute Gasteiger partial charge is 0.497 e. The molecule has 0 unspecified atom stereocenters. The van der Waals surface area contributed by atoms with E-state index in [9.17, 15) is 4.79 Å². The number of piperazine rings is 1. The summed E-state index contributed by atoms with van der Waals surface area (Å²) >= 11 is 0. The summed E-state index contributed by atoms with van der Waals surface area (Å²) in [7, 11) is 3.77. The van der Waals surface area contributed by atoms with E-state index in [1.54, 1.807) is 19.2 Å². The molecule has 216 valence electrons. The molecule has 1 amide bonds. The molecule has 9 nitrogen and oxygen atoms in total. The highest BCUT2D eigenvalue weighted by Crippen LogP contribution is 2.30. The minimum atomic E-state index is -0.171. The number of hydrogen-bond acceptors (Lipinski definition) is 8. The number of benzene rings is 3. The van der Waals surface area contributed by atoms with Crippen LogP contribution in [0.5, 0.6) is 5.75 Å². The van der Waals surface area contributed by atoms with Crippen LogP contribution < -0.4 is 25.2 Å². The quantitative estimate of drug-likeness (QED) is 0.321. The molecule has 1 fully saturated rings. The Morgan fingerprint density at radius 1 is 0.905 bits per heavy atom. The van der Waals surface area contributed by atoms with E-state index in [0.29, 0.717) is 23.8 Å². The lowest BCUT2D eigenvalue weighted by Crippen LogP contribution is -2.44. The highest BCUT2D eigenvalue weighted by molar-refractivity contribution is 6.04. The number of methoxy groups -OCH3 is 1. The lowest BCUT2D eigenvalue weighted by molar-refractivity contribution is 0.102. The van der Waals surface area contributed by atoms with Crippen molar-refractivity contribution in [1.82, 2.24) is 14.9 Å². The smallest absolute Gasteiger partial charge is 0.255 e. The number of aromatic nitrogens is 2. The van der Waals surface area contributed by atoms with Crippen LogP contribution in [-0.2, 0) is 13.0 Å². The molecule has 0 aliphatic carbocycles. The van der Waals surface area contributed by atoms with Crippen LogP contribution in [0, 0.1) is 6.92 Å². The van der Waals surface area contributed by atoms with Gasteiger partial charge in [-0.1, -0.05) is 12.1 Å². The Morgan fingerprint density at radius 2 is 1.69 bits per heavy atom. The molecule has 6 rings (SSSR count). The average Bonchev–Trinajstić information content (AvgIpc) is 3.02. The topological polar surface area (TPSA) is 85.9 Å². The number of anilines is 5. The third-order valence-corrected chi connectivity index (χ3v) is 8.07. The lowest BCUT2D eigenvalue weighted by atomic mass is 10.0. The summed E-state index contributed by atoms with van der Waals surface area (Å²) in [4.78, 5) is 29.5. The zero-order valence-corrected chi connectivity index (χ0v) is 24.4. The molecular formula is C33H37N7O2. The molecule has 0 atom stereocenters. The maximum absolute atomic E-state index is 12.9. The first-order valence-corrected chi connectivity index (χ1v) is 14.4. The van der Waals surface area contributed by atoms with Gasteiger partial charge >= 0.3 is 0 Å². The molecule has 3 heterocycles. The van der Waals surface area contributed by atoms with Gasteiger partial charge in [-0.3, -0.25) is 4.79 Å². The van der Waals surface area contributed by atoms with Gasteiger partial charge in [-0.2, -0.15) is 0 Å². The van der Waals surface area contributed by atoms with Gasteiger partial charge < -0.3 is 30.1 Å². The van der Waals surface area contributed by atoms with Crippen LogP contribution in [0.3, 0.4) is 0 Å². The fourth-order valence-electron chi connectivity index (χ4n) is 5.53. The minimum Gasteiger partial charge on any atom is -0.497 e. The number of aryl methyl sites for hydroxylation is 1. The highest BCUT2D eigenvalue weighted by Gasteiger charge is 2.21. The summed E-state index contributed by atoms with van der Waals surface area (Å²) in [6, 6.07) is 21.7. The van der Waals surface area contributed by atoms with Gasteiger partial charge in [-0.05, 0) is 74.1 Å². The van der Waals surface area contributed by atoms with Crippen molar-refractivity contribution in [2.45, 2.75) is 19.9 Å². The number of carbonyl (C=O) groups excluding carboxylic acids is 1. The minimum absolute atomic E-state index is 0.171. The van der Waals surface area contributed by atoms with Crippen molar-refractivity contribution < 1.29 is 9.53 Å². The second kappa shape index (κ2) is 12.1. The van der Waals surface area contributed by atoms with Gasteiger partial charge in [-0.25, -0.2) is 9.97 Å². The van der Waals surface area contributed by atoms with Gasteiger partial charge in [0.1, 0.15) is 5.75 Å². The number of carbonyl (C=O) groups is 1. The maximum atomic E-state index is 12.9. The molecule has 2 aliphatic rings. The molecule has 0 bridgehead atoms. The van der Waals surface area contributed by atoms with Crippen LogP contribution in [0.25, 0.3) is 0 Å². The standard InChI is InChI=1S/C33H37N7O2/c1-23-7-8-27(35-32(41)24-5-4-6-29(19-24)42-3)20-31(23)40-14-13-30-25(22-40)21-34-33(37-30)36-26-9-11-28(12-10-26)39-17-15-38(2)16-18-39/h4-12,19-21H,13-18,22H2,1-3H3,(H,35,41)(H,34,36,37). The number of fused-ring (bicyclic) bond motifs is 1. The molecule has 0 radical (unpaired) electrons. The monoisotopic (exact) mass is 563 g/mol. The number of hydrogen-bond donors (Lipinski definition) is 2. The summed E-state index contributed by atoms with van der Waals surface area (Å²) in [5.41, 5.74) is 7.96. The van der Waals surface area contributed by atoms with Gasteiger partial charge in [0.2, 0.25) is 5.95 Å². The molecule has 9 heteroatoms. The first-order chi connectivity index (χ1) is 20.4. The van der Waals surface area contributed by atoms with Crippen molar-refractivity contribution in [1.29, 1.82) is 0 Å². The van der Waals surface area contributed by atoms with Crippen molar-refractivity contribution in [2.75, 3.05) is 67.3 Å². The third kappa shape index (κ3) is 6.16. The summed E-state index contributed by atoms with van der Waals surface area (Å²) in [6.07, 6.45) is 2.74. The van der Waals surface area contributed by atoms with Crippen LogP contribution in [0.2, 0.25) is 0 Å². The second-order valence-corrected chi connectivity index (χ2v) is 11.0. The van der Waals surface area contributed by atoms with Crippen LogP contribution in [-0.4, -0.2) is 67.7 Å². The van der Waals surface area contributed by atoms with E-state index >= 15 is 0 Å². The molecule has 0 spiro atoms. The normalized spacial score (nSPS) is 15.2. The molecule has 0 saturated carbocycles. The first-order valence-electron chi connectivity index (χ1n) is 14.4. The van der Waals surface area contributed by atoms with E-state index in [1.165, 1.54) is 5.69 Å². The van der Waals surface area contributed by atoms with E-state index in [1.807, 2.05) is 36.5 Å². The highest BCUT2D eigenvalue weighted by atomic mass is 16.5. The first kappa shape index (κ1) is 27.5. The molecule has 2 N–H and O–H groups in total. The summed E-state index contributed by atoms with van der Waals surface area (Å²) < 4.78 is 5.26. The lowest BCUT2D eigenvalue weighted by Gasteiger charge is -2.34. The van der Waals surface area contributed by atoms with Gasteiger partial charge in [0, 0.05) is 85.8 Å². The molecule has 42 heavy (non-hydrogen) atoms. The van der Waals surface area contributed by atoms with Crippen molar-refractivity contribution in [3.8, 4) is 5.75 Å². The van der Waals surface area contributed by atoms with E-state index in [0.717, 1.165) is 73.0 Å². The van der Waals surface area contributed by atoms with E-state index < -0.39 is 0 Å². The van der Waals surface area contributed by atoms with Gasteiger partial charge in [0.15, 0.2) is 0 Å².